The molecule has 96 valence electrons. The minimum atomic E-state index is 0.0125. The van der Waals surface area contributed by atoms with E-state index in [0.717, 1.165) is 24.0 Å². The maximum atomic E-state index is 10.5. The van der Waals surface area contributed by atoms with Gasteiger partial charge in [-0.3, -0.25) is 0 Å². The molecule has 0 heterocycles. The molecule has 0 radical (unpaired) electrons. The first-order chi connectivity index (χ1) is 9.18. The van der Waals surface area contributed by atoms with E-state index in [2.05, 4.69) is 12.2 Å². The molecule has 2 unspecified atom stereocenters. The molecule has 0 fully saturated rings. The number of benzene rings is 2. The van der Waals surface area contributed by atoms with E-state index in [9.17, 15) is 15.3 Å². The SMILES string of the molecule is Oc1c2c(c(O)c3c(O)cccc13)C1C=CC2CC1. The number of aromatic hydroxyl groups is 3. The summed E-state index contributed by atoms with van der Waals surface area (Å²) in [6, 6.07) is 4.95. The van der Waals surface area contributed by atoms with Gasteiger partial charge in [-0.15, -0.1) is 0 Å². The highest BCUT2D eigenvalue weighted by atomic mass is 16.3. The fraction of sp³-hybridized carbons (Fsp3) is 0.250. The molecule has 2 aromatic carbocycles. The van der Waals surface area contributed by atoms with E-state index in [1.54, 1.807) is 12.1 Å². The van der Waals surface area contributed by atoms with Gasteiger partial charge in [-0.25, -0.2) is 0 Å². The first-order valence-electron chi connectivity index (χ1n) is 6.56. The van der Waals surface area contributed by atoms with Gasteiger partial charge in [0.05, 0.1) is 5.39 Å². The van der Waals surface area contributed by atoms with Gasteiger partial charge in [0.1, 0.15) is 17.2 Å². The number of rotatable bonds is 0. The maximum absolute atomic E-state index is 10.5. The standard InChI is InChI=1S/C16H14O3/c17-11-3-1-2-10-14(11)16(19)13-9-6-4-8(5-7-9)12(13)15(10)18/h1-4,6,8-9,17-19H,5,7H2. The molecule has 3 aliphatic carbocycles. The summed E-state index contributed by atoms with van der Waals surface area (Å²) in [6.07, 6.45) is 6.21. The van der Waals surface area contributed by atoms with Crippen LogP contribution in [0.5, 0.6) is 17.2 Å². The van der Waals surface area contributed by atoms with E-state index in [1.165, 1.54) is 6.07 Å². The Bertz CT molecular complexity index is 731. The predicted molar refractivity (Wildman–Crippen MR) is 72.8 cm³/mol. The molecule has 0 spiro atoms. The lowest BCUT2D eigenvalue weighted by molar-refractivity contribution is 0.425. The van der Waals surface area contributed by atoms with Crippen LogP contribution in [0.1, 0.15) is 35.8 Å². The van der Waals surface area contributed by atoms with Gasteiger partial charge in [-0.1, -0.05) is 24.3 Å². The van der Waals surface area contributed by atoms with Crippen molar-refractivity contribution in [1.82, 2.24) is 0 Å². The van der Waals surface area contributed by atoms with Crippen LogP contribution in [0.15, 0.2) is 30.4 Å². The average Bonchev–Trinajstić information content (AvgIpc) is 2.45. The fourth-order valence-corrected chi connectivity index (χ4v) is 3.57. The molecule has 2 atom stereocenters. The summed E-state index contributed by atoms with van der Waals surface area (Å²) in [5.41, 5.74) is 1.64. The molecule has 3 heteroatoms. The van der Waals surface area contributed by atoms with Crippen LogP contribution in [0.4, 0.5) is 0 Å². The zero-order chi connectivity index (χ0) is 13.1. The third-order valence-electron chi connectivity index (χ3n) is 4.44. The van der Waals surface area contributed by atoms with E-state index < -0.39 is 0 Å². The molecule has 2 bridgehead atoms. The molecule has 3 aliphatic rings. The maximum Gasteiger partial charge on any atom is 0.131 e. The summed E-state index contributed by atoms with van der Waals surface area (Å²) >= 11 is 0. The van der Waals surface area contributed by atoms with Crippen molar-refractivity contribution in [1.29, 1.82) is 0 Å². The second-order valence-corrected chi connectivity index (χ2v) is 5.40. The summed E-state index contributed by atoms with van der Waals surface area (Å²) in [7, 11) is 0. The quantitative estimate of drug-likeness (QED) is 0.498. The van der Waals surface area contributed by atoms with Gasteiger partial charge in [0, 0.05) is 28.3 Å². The molecule has 19 heavy (non-hydrogen) atoms. The molecule has 0 amide bonds. The van der Waals surface area contributed by atoms with Gasteiger partial charge in [0.15, 0.2) is 0 Å². The van der Waals surface area contributed by atoms with Gasteiger partial charge >= 0.3 is 0 Å². The third-order valence-corrected chi connectivity index (χ3v) is 4.44. The molecule has 5 rings (SSSR count). The Morgan fingerprint density at radius 3 is 2.11 bits per heavy atom. The molecule has 2 aromatic rings. The third kappa shape index (κ3) is 1.22. The van der Waals surface area contributed by atoms with Gasteiger partial charge in [0.2, 0.25) is 0 Å². The minimum absolute atomic E-state index is 0.0125. The number of allylic oxidation sites excluding steroid dienone is 2. The number of hydrogen-bond acceptors (Lipinski definition) is 3. The molecule has 3 N–H and O–H groups in total. The lowest BCUT2D eigenvalue weighted by Gasteiger charge is -2.35. The predicted octanol–water partition coefficient (Wildman–Crippen LogP) is 3.49. The van der Waals surface area contributed by atoms with Crippen LogP contribution >= 0.6 is 0 Å². The fourth-order valence-electron chi connectivity index (χ4n) is 3.57. The Hall–Kier alpha value is -2.16. The normalized spacial score (nSPS) is 23.8. The van der Waals surface area contributed by atoms with Crippen molar-refractivity contribution in [3.8, 4) is 17.2 Å². The van der Waals surface area contributed by atoms with Crippen molar-refractivity contribution < 1.29 is 15.3 Å². The van der Waals surface area contributed by atoms with E-state index in [0.29, 0.717) is 10.8 Å². The zero-order valence-electron chi connectivity index (χ0n) is 10.3. The van der Waals surface area contributed by atoms with Crippen molar-refractivity contribution >= 4 is 10.8 Å². The first kappa shape index (κ1) is 10.7. The highest BCUT2D eigenvalue weighted by molar-refractivity contribution is 6.00. The Morgan fingerprint density at radius 1 is 0.842 bits per heavy atom. The van der Waals surface area contributed by atoms with Crippen molar-refractivity contribution in [3.05, 3.63) is 41.5 Å². The molecule has 0 saturated carbocycles. The second kappa shape index (κ2) is 3.44. The number of phenols is 3. The van der Waals surface area contributed by atoms with Crippen molar-refractivity contribution in [3.63, 3.8) is 0 Å². The highest BCUT2D eigenvalue weighted by Crippen LogP contribution is 2.55. The van der Waals surface area contributed by atoms with Gasteiger partial charge in [-0.2, -0.15) is 0 Å². The van der Waals surface area contributed by atoms with E-state index in [4.69, 9.17) is 0 Å². The molecular formula is C16H14O3. The summed E-state index contributed by atoms with van der Waals surface area (Å²) < 4.78 is 0. The molecular weight excluding hydrogens is 240 g/mol. The smallest absolute Gasteiger partial charge is 0.131 e. The Balaban J connectivity index is 2.20. The second-order valence-electron chi connectivity index (χ2n) is 5.40. The summed E-state index contributed by atoms with van der Waals surface area (Å²) in [5, 5.41) is 31.9. The lowest BCUT2D eigenvalue weighted by Crippen LogP contribution is -2.17. The Labute approximate surface area is 110 Å². The molecule has 3 nitrogen and oxygen atoms in total. The van der Waals surface area contributed by atoms with Crippen molar-refractivity contribution in [2.24, 2.45) is 0 Å². The van der Waals surface area contributed by atoms with Crippen LogP contribution in [-0.2, 0) is 0 Å². The van der Waals surface area contributed by atoms with E-state index >= 15 is 0 Å². The van der Waals surface area contributed by atoms with E-state index in [1.807, 2.05) is 0 Å². The van der Waals surface area contributed by atoms with Gasteiger partial charge < -0.3 is 15.3 Å². The molecule has 0 saturated heterocycles. The summed E-state index contributed by atoms with van der Waals surface area (Å²) in [5.74, 6) is 0.670. The van der Waals surface area contributed by atoms with Crippen LogP contribution < -0.4 is 0 Å². The number of hydrogen-bond donors (Lipinski definition) is 3. The van der Waals surface area contributed by atoms with E-state index in [-0.39, 0.29) is 29.1 Å². The van der Waals surface area contributed by atoms with Crippen molar-refractivity contribution in [2.45, 2.75) is 24.7 Å². The van der Waals surface area contributed by atoms with Crippen LogP contribution in [-0.4, -0.2) is 15.3 Å². The largest absolute Gasteiger partial charge is 0.507 e. The summed E-state index contributed by atoms with van der Waals surface area (Å²) in [4.78, 5) is 0. The van der Waals surface area contributed by atoms with Gasteiger partial charge in [0.25, 0.3) is 0 Å². The molecule has 0 aliphatic heterocycles. The molecule has 0 aromatic heterocycles. The van der Waals surface area contributed by atoms with Crippen molar-refractivity contribution in [2.75, 3.05) is 0 Å². The Kier molecular flexibility index (Phi) is 1.94. The van der Waals surface area contributed by atoms with Crippen LogP contribution in [0, 0.1) is 0 Å². The lowest BCUT2D eigenvalue weighted by atomic mass is 9.70. The van der Waals surface area contributed by atoms with Crippen LogP contribution in [0.3, 0.4) is 0 Å². The highest BCUT2D eigenvalue weighted by Gasteiger charge is 2.35. The zero-order valence-corrected chi connectivity index (χ0v) is 10.3. The van der Waals surface area contributed by atoms with Crippen LogP contribution in [0.25, 0.3) is 10.8 Å². The number of phenolic OH excluding ortho intramolecular Hbond substituents is 3. The van der Waals surface area contributed by atoms with Crippen LogP contribution in [0.2, 0.25) is 0 Å². The topological polar surface area (TPSA) is 60.7 Å². The summed E-state index contributed by atoms with van der Waals surface area (Å²) in [6.45, 7) is 0. The first-order valence-corrected chi connectivity index (χ1v) is 6.56. The monoisotopic (exact) mass is 254 g/mol. The number of fused-ring (bicyclic) bond motifs is 2. The minimum Gasteiger partial charge on any atom is -0.507 e. The van der Waals surface area contributed by atoms with Gasteiger partial charge in [-0.05, 0) is 18.9 Å². The average molecular weight is 254 g/mol. The Morgan fingerprint density at radius 2 is 1.47 bits per heavy atom.